The van der Waals surface area contributed by atoms with E-state index in [2.05, 4.69) is 15.5 Å². The van der Waals surface area contributed by atoms with Gasteiger partial charge in [-0.15, -0.1) is 0 Å². The first-order valence-electron chi connectivity index (χ1n) is 5.69. The molecule has 1 aromatic heterocycles. The molecule has 5 nitrogen and oxygen atoms in total. The number of aromatic amines is 1. The molecule has 0 bridgehead atoms. The predicted octanol–water partition coefficient (Wildman–Crippen LogP) is 1.99. The van der Waals surface area contributed by atoms with E-state index < -0.39 is 0 Å². The number of amides is 1. The first-order chi connectivity index (χ1) is 8.78. The number of aromatic nitrogens is 2. The number of H-pyrrole nitrogens is 1. The molecule has 5 heteroatoms. The normalized spacial score (nSPS) is 10.1. The summed E-state index contributed by atoms with van der Waals surface area (Å²) in [4.78, 5) is 11.6. The molecule has 0 radical (unpaired) electrons. The lowest BCUT2D eigenvalue weighted by Gasteiger charge is -2.04. The maximum Gasteiger partial charge on any atom is 0.224 e. The van der Waals surface area contributed by atoms with Crippen LogP contribution in [-0.2, 0) is 11.2 Å². The molecule has 0 aliphatic heterocycles. The minimum absolute atomic E-state index is 0.0211. The van der Waals surface area contributed by atoms with Crippen LogP contribution in [0.15, 0.2) is 36.7 Å². The number of aryl methyl sites for hydroxylation is 1. The van der Waals surface area contributed by atoms with Crippen molar-refractivity contribution < 1.29 is 9.53 Å². The Morgan fingerprint density at radius 3 is 2.78 bits per heavy atom. The lowest BCUT2D eigenvalue weighted by molar-refractivity contribution is -0.116. The molecule has 0 atom stereocenters. The number of nitrogens with zero attached hydrogens (tertiary/aromatic N) is 1. The van der Waals surface area contributed by atoms with Gasteiger partial charge in [-0.1, -0.05) is 12.1 Å². The van der Waals surface area contributed by atoms with Crippen molar-refractivity contribution in [2.45, 2.75) is 12.8 Å². The van der Waals surface area contributed by atoms with Crippen molar-refractivity contribution in [1.82, 2.24) is 10.2 Å². The largest absolute Gasteiger partial charge is 0.497 e. The lowest BCUT2D eigenvalue weighted by Crippen LogP contribution is -2.11. The van der Waals surface area contributed by atoms with Crippen molar-refractivity contribution in [2.75, 3.05) is 12.4 Å². The first-order valence-corrected chi connectivity index (χ1v) is 5.69. The fourth-order valence-corrected chi connectivity index (χ4v) is 1.59. The third-order valence-corrected chi connectivity index (χ3v) is 2.58. The molecule has 0 unspecified atom stereocenters. The van der Waals surface area contributed by atoms with Gasteiger partial charge in [0, 0.05) is 12.6 Å². The Morgan fingerprint density at radius 1 is 1.39 bits per heavy atom. The number of rotatable bonds is 5. The number of methoxy groups -OCH3 is 1. The molecule has 2 N–H and O–H groups in total. The van der Waals surface area contributed by atoms with E-state index in [1.165, 1.54) is 0 Å². The zero-order valence-electron chi connectivity index (χ0n) is 10.1. The number of ether oxygens (including phenoxy) is 1. The standard InChI is InChI=1S/C13H15N3O2/c1-18-12-5-2-10(3-6-12)4-7-13(17)16-11-8-14-15-9-11/h2-3,5-6,8-9H,4,7H2,1H3,(H,14,15)(H,16,17). The van der Waals surface area contributed by atoms with Crippen LogP contribution >= 0.6 is 0 Å². The Balaban J connectivity index is 1.81. The molecule has 0 fully saturated rings. The van der Waals surface area contributed by atoms with Gasteiger partial charge in [-0.2, -0.15) is 5.10 Å². The molecular weight excluding hydrogens is 230 g/mol. The highest BCUT2D eigenvalue weighted by atomic mass is 16.5. The van der Waals surface area contributed by atoms with Crippen molar-refractivity contribution >= 4 is 11.6 Å². The van der Waals surface area contributed by atoms with Crippen molar-refractivity contribution in [3.63, 3.8) is 0 Å². The van der Waals surface area contributed by atoms with Crippen LogP contribution in [0.3, 0.4) is 0 Å². The molecule has 1 amide bonds. The maximum atomic E-state index is 11.6. The van der Waals surface area contributed by atoms with E-state index in [-0.39, 0.29) is 5.91 Å². The van der Waals surface area contributed by atoms with E-state index in [0.29, 0.717) is 18.5 Å². The fourth-order valence-electron chi connectivity index (χ4n) is 1.59. The molecular formula is C13H15N3O2. The summed E-state index contributed by atoms with van der Waals surface area (Å²) < 4.78 is 5.08. The molecule has 18 heavy (non-hydrogen) atoms. The van der Waals surface area contributed by atoms with Crippen LogP contribution in [0.25, 0.3) is 0 Å². The number of anilines is 1. The summed E-state index contributed by atoms with van der Waals surface area (Å²) in [5.74, 6) is 0.800. The molecule has 0 aliphatic carbocycles. The Hall–Kier alpha value is -2.30. The Labute approximate surface area is 105 Å². The molecule has 1 heterocycles. The summed E-state index contributed by atoms with van der Waals surface area (Å²) in [5.41, 5.74) is 1.80. The van der Waals surface area contributed by atoms with E-state index in [0.717, 1.165) is 11.3 Å². The van der Waals surface area contributed by atoms with E-state index >= 15 is 0 Å². The summed E-state index contributed by atoms with van der Waals surface area (Å²) in [7, 11) is 1.63. The third-order valence-electron chi connectivity index (χ3n) is 2.58. The summed E-state index contributed by atoms with van der Waals surface area (Å²) in [6.07, 6.45) is 4.36. The maximum absolute atomic E-state index is 11.6. The SMILES string of the molecule is COc1ccc(CCC(=O)Nc2cn[nH]c2)cc1. The van der Waals surface area contributed by atoms with Crippen molar-refractivity contribution in [1.29, 1.82) is 0 Å². The predicted molar refractivity (Wildman–Crippen MR) is 68.5 cm³/mol. The Morgan fingerprint density at radius 2 is 2.17 bits per heavy atom. The van der Waals surface area contributed by atoms with Crippen LogP contribution in [0.4, 0.5) is 5.69 Å². The topological polar surface area (TPSA) is 67.0 Å². The van der Waals surface area contributed by atoms with Crippen LogP contribution in [0.2, 0.25) is 0 Å². The molecule has 2 aromatic rings. The van der Waals surface area contributed by atoms with Gasteiger partial charge < -0.3 is 10.1 Å². The number of carbonyl (C=O) groups is 1. The zero-order valence-corrected chi connectivity index (χ0v) is 10.1. The molecule has 0 saturated heterocycles. The van der Waals surface area contributed by atoms with Crippen molar-refractivity contribution in [3.05, 3.63) is 42.2 Å². The second-order valence-corrected chi connectivity index (χ2v) is 3.88. The summed E-state index contributed by atoms with van der Waals surface area (Å²) in [6, 6.07) is 7.71. The van der Waals surface area contributed by atoms with E-state index in [1.807, 2.05) is 24.3 Å². The monoisotopic (exact) mass is 245 g/mol. The Kier molecular flexibility index (Phi) is 3.96. The van der Waals surface area contributed by atoms with Gasteiger partial charge in [0.05, 0.1) is 19.0 Å². The molecule has 0 saturated carbocycles. The van der Waals surface area contributed by atoms with Crippen LogP contribution < -0.4 is 10.1 Å². The van der Waals surface area contributed by atoms with Crippen LogP contribution in [0, 0.1) is 0 Å². The van der Waals surface area contributed by atoms with E-state index in [4.69, 9.17) is 4.74 Å². The van der Waals surface area contributed by atoms with Gasteiger partial charge in [0.2, 0.25) is 5.91 Å². The van der Waals surface area contributed by atoms with Gasteiger partial charge in [0.25, 0.3) is 0 Å². The first kappa shape index (κ1) is 12.2. The molecule has 1 aromatic carbocycles. The van der Waals surface area contributed by atoms with Crippen LogP contribution in [-0.4, -0.2) is 23.2 Å². The van der Waals surface area contributed by atoms with Gasteiger partial charge >= 0.3 is 0 Å². The summed E-state index contributed by atoms with van der Waals surface area (Å²) in [5, 5.41) is 9.16. The highest BCUT2D eigenvalue weighted by Crippen LogP contribution is 2.13. The Bertz CT molecular complexity index is 491. The average Bonchev–Trinajstić information content (AvgIpc) is 2.90. The van der Waals surface area contributed by atoms with E-state index in [9.17, 15) is 4.79 Å². The number of nitrogens with one attached hydrogen (secondary N) is 2. The minimum atomic E-state index is -0.0211. The summed E-state index contributed by atoms with van der Waals surface area (Å²) in [6.45, 7) is 0. The van der Waals surface area contributed by atoms with Crippen LogP contribution in [0.1, 0.15) is 12.0 Å². The van der Waals surface area contributed by atoms with Crippen molar-refractivity contribution in [2.24, 2.45) is 0 Å². The quantitative estimate of drug-likeness (QED) is 0.846. The molecule has 0 spiro atoms. The molecule has 0 aliphatic rings. The highest BCUT2D eigenvalue weighted by Gasteiger charge is 2.03. The number of carbonyl (C=O) groups excluding carboxylic acids is 1. The third kappa shape index (κ3) is 3.35. The van der Waals surface area contributed by atoms with Gasteiger partial charge in [0.15, 0.2) is 0 Å². The van der Waals surface area contributed by atoms with Gasteiger partial charge in [0.1, 0.15) is 5.75 Å². The second kappa shape index (κ2) is 5.86. The van der Waals surface area contributed by atoms with Crippen molar-refractivity contribution in [3.8, 4) is 5.75 Å². The zero-order chi connectivity index (χ0) is 12.8. The number of benzene rings is 1. The fraction of sp³-hybridized carbons (Fsp3) is 0.231. The number of hydrogen-bond donors (Lipinski definition) is 2. The van der Waals surface area contributed by atoms with E-state index in [1.54, 1.807) is 19.5 Å². The van der Waals surface area contributed by atoms with Gasteiger partial charge in [-0.05, 0) is 24.1 Å². The smallest absolute Gasteiger partial charge is 0.224 e. The molecule has 2 rings (SSSR count). The second-order valence-electron chi connectivity index (χ2n) is 3.88. The van der Waals surface area contributed by atoms with Gasteiger partial charge in [-0.25, -0.2) is 0 Å². The molecule has 94 valence electrons. The summed E-state index contributed by atoms with van der Waals surface area (Å²) >= 11 is 0. The minimum Gasteiger partial charge on any atom is -0.497 e. The highest BCUT2D eigenvalue weighted by molar-refractivity contribution is 5.90. The number of hydrogen-bond acceptors (Lipinski definition) is 3. The lowest BCUT2D eigenvalue weighted by atomic mass is 10.1. The van der Waals surface area contributed by atoms with Gasteiger partial charge in [-0.3, -0.25) is 9.89 Å². The average molecular weight is 245 g/mol. The van der Waals surface area contributed by atoms with Crippen LogP contribution in [0.5, 0.6) is 5.75 Å².